The quantitative estimate of drug-likeness (QED) is 0.464. The van der Waals surface area contributed by atoms with E-state index in [1.54, 1.807) is 16.8 Å². The van der Waals surface area contributed by atoms with Crippen LogP contribution < -0.4 is 19.7 Å². The highest BCUT2D eigenvalue weighted by Gasteiger charge is 2.40. The smallest absolute Gasteiger partial charge is 0.240 e. The average molecular weight is 553 g/mol. The van der Waals surface area contributed by atoms with Gasteiger partial charge in [-0.2, -0.15) is 5.10 Å². The van der Waals surface area contributed by atoms with E-state index in [1.807, 2.05) is 32.0 Å². The monoisotopic (exact) mass is 552 g/mol. The Bertz CT molecular complexity index is 1400. The fourth-order valence-corrected chi connectivity index (χ4v) is 5.88. The number of carbonyl (C=O) groups excluding carboxylic acids is 2. The van der Waals surface area contributed by atoms with Gasteiger partial charge >= 0.3 is 0 Å². The van der Waals surface area contributed by atoms with Gasteiger partial charge in [-0.1, -0.05) is 40.7 Å². The Morgan fingerprint density at radius 1 is 1.15 bits per heavy atom. The molecule has 8 nitrogen and oxygen atoms in total. The van der Waals surface area contributed by atoms with Crippen LogP contribution in [0, 0.1) is 11.7 Å². The second-order valence-corrected chi connectivity index (χ2v) is 12.3. The molecule has 0 fully saturated rings. The maximum Gasteiger partial charge on any atom is 0.240 e. The number of hydrogen-bond acceptors (Lipinski definition) is 6. The maximum absolute atomic E-state index is 13.9. The molecule has 1 atom stereocenters. The summed E-state index contributed by atoms with van der Waals surface area (Å²) in [6.07, 6.45) is 0. The molecule has 0 unspecified atom stereocenters. The first-order chi connectivity index (χ1) is 18.5. The highest BCUT2D eigenvalue weighted by molar-refractivity contribution is 8.00. The molecule has 3 heterocycles. The minimum Gasteiger partial charge on any atom is -0.454 e. The van der Waals surface area contributed by atoms with Crippen LogP contribution in [0.25, 0.3) is 5.69 Å². The van der Waals surface area contributed by atoms with Gasteiger partial charge in [-0.05, 0) is 47.9 Å². The molecule has 0 aliphatic carbocycles. The van der Waals surface area contributed by atoms with E-state index in [0.29, 0.717) is 29.5 Å². The largest absolute Gasteiger partial charge is 0.454 e. The Balaban J connectivity index is 1.71. The topological polar surface area (TPSA) is 85.7 Å². The first-order valence-corrected chi connectivity index (χ1v) is 14.1. The second kappa shape index (κ2) is 10.6. The van der Waals surface area contributed by atoms with Gasteiger partial charge in [-0.3, -0.25) is 14.5 Å². The van der Waals surface area contributed by atoms with Crippen LogP contribution in [-0.2, 0) is 15.0 Å². The van der Waals surface area contributed by atoms with Crippen LogP contribution in [0.4, 0.5) is 10.2 Å². The highest BCUT2D eigenvalue weighted by Crippen LogP contribution is 2.49. The van der Waals surface area contributed by atoms with Crippen LogP contribution in [0.1, 0.15) is 56.7 Å². The maximum atomic E-state index is 13.9. The number of hydrogen-bond donors (Lipinski definition) is 1. The predicted octanol–water partition coefficient (Wildman–Crippen LogP) is 4.98. The standard InChI is InChI=1S/C29H33FN4O4S/c1-17(2)13-31-23(35)14-33-24(36)15-39-26(18-6-11-21-22(12-18)38-16-37-21)25-27(29(3,4)5)32-34(28(25)33)20-9-7-19(30)8-10-20/h6-12,17,26H,13-16H2,1-5H3,(H,31,35)/t26-/m0/s1. The van der Waals surface area contributed by atoms with Crippen molar-refractivity contribution in [2.24, 2.45) is 5.92 Å². The molecule has 2 aromatic carbocycles. The van der Waals surface area contributed by atoms with Crippen LogP contribution in [0.2, 0.25) is 0 Å². The van der Waals surface area contributed by atoms with Crippen LogP contribution in [-0.4, -0.2) is 47.2 Å². The molecule has 206 valence electrons. The van der Waals surface area contributed by atoms with E-state index in [1.165, 1.54) is 28.8 Å². The molecule has 2 aliphatic rings. The molecule has 5 rings (SSSR count). The van der Waals surface area contributed by atoms with Crippen molar-refractivity contribution in [3.8, 4) is 17.2 Å². The third-order valence-electron chi connectivity index (χ3n) is 6.58. The van der Waals surface area contributed by atoms with Crippen LogP contribution >= 0.6 is 11.8 Å². The number of nitrogens with one attached hydrogen (secondary N) is 1. The lowest BCUT2D eigenvalue weighted by atomic mass is 9.87. The number of halogens is 1. The highest BCUT2D eigenvalue weighted by atomic mass is 32.2. The molecule has 0 saturated carbocycles. The Morgan fingerprint density at radius 2 is 1.87 bits per heavy atom. The summed E-state index contributed by atoms with van der Waals surface area (Å²) in [5.74, 6) is 1.46. The number of fused-ring (bicyclic) bond motifs is 2. The van der Waals surface area contributed by atoms with E-state index in [-0.39, 0.29) is 47.9 Å². The fourth-order valence-electron chi connectivity index (χ4n) is 4.69. The van der Waals surface area contributed by atoms with E-state index in [4.69, 9.17) is 14.6 Å². The minimum absolute atomic E-state index is 0.149. The Hall–Kier alpha value is -3.53. The molecular weight excluding hydrogens is 519 g/mol. The molecular formula is C29H33FN4O4S. The first kappa shape index (κ1) is 27.1. The van der Waals surface area contributed by atoms with Crippen molar-refractivity contribution in [3.63, 3.8) is 0 Å². The number of benzene rings is 2. The second-order valence-electron chi connectivity index (χ2n) is 11.2. The van der Waals surface area contributed by atoms with Crippen molar-refractivity contribution < 1.29 is 23.5 Å². The van der Waals surface area contributed by atoms with Crippen molar-refractivity contribution in [2.45, 2.75) is 45.3 Å². The van der Waals surface area contributed by atoms with Crippen molar-refractivity contribution >= 4 is 29.4 Å². The number of ether oxygens (including phenoxy) is 2. The van der Waals surface area contributed by atoms with Crippen LogP contribution in [0.3, 0.4) is 0 Å². The third kappa shape index (κ3) is 5.48. The molecule has 0 saturated heterocycles. The summed E-state index contributed by atoms with van der Waals surface area (Å²) in [6, 6.07) is 11.8. The number of anilines is 1. The molecule has 0 bridgehead atoms. The van der Waals surface area contributed by atoms with Crippen molar-refractivity contribution in [3.05, 3.63) is 65.1 Å². The minimum atomic E-state index is -0.399. The Morgan fingerprint density at radius 3 is 2.56 bits per heavy atom. The van der Waals surface area contributed by atoms with Gasteiger partial charge in [0.05, 0.1) is 22.4 Å². The summed E-state index contributed by atoms with van der Waals surface area (Å²) in [5, 5.41) is 7.67. The summed E-state index contributed by atoms with van der Waals surface area (Å²) >= 11 is 1.49. The van der Waals surface area contributed by atoms with Gasteiger partial charge in [0.1, 0.15) is 18.2 Å². The molecule has 3 aromatic rings. The lowest BCUT2D eigenvalue weighted by molar-refractivity contribution is -0.123. The summed E-state index contributed by atoms with van der Waals surface area (Å²) in [4.78, 5) is 28.3. The molecule has 0 spiro atoms. The van der Waals surface area contributed by atoms with Gasteiger partial charge in [-0.25, -0.2) is 9.07 Å². The molecule has 10 heteroatoms. The van der Waals surface area contributed by atoms with Crippen molar-refractivity contribution in [1.29, 1.82) is 0 Å². The third-order valence-corrected chi connectivity index (χ3v) is 7.83. The summed E-state index contributed by atoms with van der Waals surface area (Å²) in [5.41, 5.74) is 2.77. The van der Waals surface area contributed by atoms with Crippen LogP contribution in [0.15, 0.2) is 42.5 Å². The zero-order valence-corrected chi connectivity index (χ0v) is 23.6. The number of carbonyl (C=O) groups is 2. The van der Waals surface area contributed by atoms with Gasteiger partial charge < -0.3 is 14.8 Å². The van der Waals surface area contributed by atoms with Gasteiger partial charge in [0.2, 0.25) is 18.6 Å². The summed E-state index contributed by atoms with van der Waals surface area (Å²) in [7, 11) is 0. The van der Waals surface area contributed by atoms with E-state index in [9.17, 15) is 14.0 Å². The molecule has 2 amide bonds. The van der Waals surface area contributed by atoms with Crippen molar-refractivity contribution in [1.82, 2.24) is 15.1 Å². The lowest BCUT2D eigenvalue weighted by Gasteiger charge is -2.24. The molecule has 1 N–H and O–H groups in total. The van der Waals surface area contributed by atoms with E-state index in [2.05, 4.69) is 26.1 Å². The van der Waals surface area contributed by atoms with Gasteiger partial charge in [0.15, 0.2) is 11.5 Å². The fraction of sp³-hybridized carbons (Fsp3) is 0.414. The van der Waals surface area contributed by atoms with Crippen LogP contribution in [0.5, 0.6) is 11.5 Å². The summed E-state index contributed by atoms with van der Waals surface area (Å²) in [6.45, 7) is 10.8. The predicted molar refractivity (Wildman–Crippen MR) is 149 cm³/mol. The van der Waals surface area contributed by atoms with Gasteiger partial charge in [-0.15, -0.1) is 11.8 Å². The zero-order valence-electron chi connectivity index (χ0n) is 22.8. The molecule has 2 aliphatic heterocycles. The van der Waals surface area contributed by atoms with E-state index >= 15 is 0 Å². The lowest BCUT2D eigenvalue weighted by Crippen LogP contribution is -2.43. The Labute approximate surface area is 231 Å². The van der Waals surface area contributed by atoms with E-state index in [0.717, 1.165) is 16.8 Å². The number of amides is 2. The summed E-state index contributed by atoms with van der Waals surface area (Å²) < 4.78 is 26.7. The molecule has 1 aromatic heterocycles. The Kier molecular flexibility index (Phi) is 7.33. The molecule has 39 heavy (non-hydrogen) atoms. The molecule has 0 radical (unpaired) electrons. The SMILES string of the molecule is CC(C)CNC(=O)CN1C(=O)CS[C@@H](c2ccc3c(c2)OCO3)c2c(C(C)(C)C)nn(-c3ccc(F)cc3)c21. The average Bonchev–Trinajstić information content (AvgIpc) is 3.48. The number of rotatable bonds is 6. The van der Waals surface area contributed by atoms with Crippen molar-refractivity contribution in [2.75, 3.05) is 30.5 Å². The number of nitrogens with zero attached hydrogens (tertiary/aromatic N) is 3. The van der Waals surface area contributed by atoms with Gasteiger partial charge in [0, 0.05) is 17.5 Å². The number of aromatic nitrogens is 2. The number of thioether (sulfide) groups is 1. The van der Waals surface area contributed by atoms with Gasteiger partial charge in [0.25, 0.3) is 0 Å². The first-order valence-electron chi connectivity index (χ1n) is 13.0. The van der Waals surface area contributed by atoms with E-state index < -0.39 is 5.41 Å². The zero-order chi connectivity index (χ0) is 27.9. The normalized spacial score (nSPS) is 16.8.